The van der Waals surface area contributed by atoms with Gasteiger partial charge in [0.05, 0.1) is 13.0 Å². The van der Waals surface area contributed by atoms with Gasteiger partial charge in [-0.05, 0) is 71.7 Å². The summed E-state index contributed by atoms with van der Waals surface area (Å²) in [5, 5.41) is 1.81. The average Bonchev–Trinajstić information content (AvgIpc) is 3.27. The molecule has 0 saturated heterocycles. The number of benzene rings is 3. The topological polar surface area (TPSA) is 83.7 Å². The minimum Gasteiger partial charge on any atom is -0.485 e. The zero-order chi connectivity index (χ0) is 26.9. The van der Waals surface area contributed by atoms with Crippen LogP contribution < -0.4 is 15.2 Å². The van der Waals surface area contributed by atoms with Gasteiger partial charge in [-0.15, -0.1) is 13.2 Å². The summed E-state index contributed by atoms with van der Waals surface area (Å²) in [7, 11) is 0. The van der Waals surface area contributed by atoms with E-state index in [0.29, 0.717) is 12.2 Å². The minimum atomic E-state index is -4.92. The molecule has 5 rings (SSSR count). The first-order valence-corrected chi connectivity index (χ1v) is 12.2. The van der Waals surface area contributed by atoms with E-state index < -0.39 is 30.6 Å². The Hall–Kier alpha value is -4.27. The van der Waals surface area contributed by atoms with Crippen LogP contribution in [-0.2, 0) is 22.4 Å². The van der Waals surface area contributed by atoms with Crippen molar-refractivity contribution in [3.8, 4) is 22.6 Å². The largest absolute Gasteiger partial charge is 0.573 e. The molecule has 0 saturated carbocycles. The summed E-state index contributed by atoms with van der Waals surface area (Å²) in [6, 6.07) is 18.0. The number of carbonyl (C=O) groups is 1. The molecule has 196 valence electrons. The number of rotatable bonds is 7. The molecule has 4 aromatic rings. The van der Waals surface area contributed by atoms with Crippen molar-refractivity contribution < 1.29 is 32.2 Å². The van der Waals surface area contributed by atoms with E-state index in [1.807, 2.05) is 42.5 Å². The molecule has 9 heteroatoms. The third-order valence-electron chi connectivity index (χ3n) is 6.53. The van der Waals surface area contributed by atoms with E-state index in [4.69, 9.17) is 15.2 Å². The number of pyridine rings is 1. The summed E-state index contributed by atoms with van der Waals surface area (Å²) in [6.07, 6.45) is -2.71. The third kappa shape index (κ3) is 5.22. The number of nitrogens with two attached hydrogens (primary N) is 1. The van der Waals surface area contributed by atoms with Crippen LogP contribution in [0.3, 0.4) is 0 Å². The molecule has 1 aliphatic rings. The normalized spacial score (nSPS) is 14.8. The summed E-state index contributed by atoms with van der Waals surface area (Å²) in [6.45, 7) is 1.73. The first-order valence-electron chi connectivity index (χ1n) is 12.2. The molecule has 0 bridgehead atoms. The molecule has 0 fully saturated rings. The fourth-order valence-corrected chi connectivity index (χ4v) is 4.90. The zero-order valence-corrected chi connectivity index (χ0v) is 20.5. The standard InChI is InChI=1S/C29H25F3N2O4/c1-2-36-27(35)16-23-24(7-4-8-26(23)38-29(30,31)32)37-25-12-11-17-9-10-18(15-22(17)25)19-5-3-6-21-20(19)13-14-34-28(21)33/h3-10,13-15,25H,2,11-12,16H2,1H3,(H2,33,34)/t25-/m1/s1. The van der Waals surface area contributed by atoms with Gasteiger partial charge in [0, 0.05) is 17.1 Å². The van der Waals surface area contributed by atoms with Crippen LogP contribution in [0.1, 0.15) is 36.1 Å². The highest BCUT2D eigenvalue weighted by molar-refractivity contribution is 6.01. The second-order valence-electron chi connectivity index (χ2n) is 8.92. The van der Waals surface area contributed by atoms with Gasteiger partial charge >= 0.3 is 12.3 Å². The fraction of sp³-hybridized carbons (Fsp3) is 0.241. The quantitative estimate of drug-likeness (QED) is 0.277. The van der Waals surface area contributed by atoms with Gasteiger partial charge in [-0.1, -0.05) is 36.4 Å². The summed E-state index contributed by atoms with van der Waals surface area (Å²) in [4.78, 5) is 16.4. The number of carbonyl (C=O) groups excluding carboxylic acids is 1. The van der Waals surface area contributed by atoms with Gasteiger partial charge in [0.1, 0.15) is 23.4 Å². The van der Waals surface area contributed by atoms with E-state index in [2.05, 4.69) is 9.72 Å². The van der Waals surface area contributed by atoms with Crippen LogP contribution >= 0.6 is 0 Å². The van der Waals surface area contributed by atoms with Crippen molar-refractivity contribution in [2.24, 2.45) is 0 Å². The SMILES string of the molecule is CCOC(=O)Cc1c(O[C@@H]2CCc3ccc(-c4cccc5c(N)nccc45)cc32)cccc1OC(F)(F)F. The first-order chi connectivity index (χ1) is 18.2. The van der Waals surface area contributed by atoms with Gasteiger partial charge in [-0.25, -0.2) is 4.98 Å². The van der Waals surface area contributed by atoms with Crippen molar-refractivity contribution in [1.82, 2.24) is 4.98 Å². The number of anilines is 1. The maximum atomic E-state index is 13.1. The van der Waals surface area contributed by atoms with Crippen molar-refractivity contribution in [3.05, 3.63) is 83.6 Å². The molecule has 0 radical (unpaired) electrons. The summed E-state index contributed by atoms with van der Waals surface area (Å²) >= 11 is 0. The smallest absolute Gasteiger partial charge is 0.485 e. The van der Waals surface area contributed by atoms with Gasteiger partial charge in [0.15, 0.2) is 0 Å². The van der Waals surface area contributed by atoms with E-state index >= 15 is 0 Å². The minimum absolute atomic E-state index is 0.00934. The lowest BCUT2D eigenvalue weighted by Gasteiger charge is -2.21. The van der Waals surface area contributed by atoms with Gasteiger partial charge < -0.3 is 19.9 Å². The number of hydrogen-bond donors (Lipinski definition) is 1. The van der Waals surface area contributed by atoms with Gasteiger partial charge in [0.25, 0.3) is 0 Å². The summed E-state index contributed by atoms with van der Waals surface area (Å²) in [5.74, 6) is -0.569. The fourth-order valence-electron chi connectivity index (χ4n) is 4.90. The molecule has 0 aliphatic heterocycles. The Kier molecular flexibility index (Phi) is 6.84. The van der Waals surface area contributed by atoms with Gasteiger partial charge in [0.2, 0.25) is 0 Å². The van der Waals surface area contributed by atoms with Gasteiger partial charge in [-0.2, -0.15) is 0 Å². The second-order valence-corrected chi connectivity index (χ2v) is 8.92. The maximum Gasteiger partial charge on any atom is 0.573 e. The monoisotopic (exact) mass is 522 g/mol. The third-order valence-corrected chi connectivity index (χ3v) is 6.53. The summed E-state index contributed by atoms with van der Waals surface area (Å²) in [5.41, 5.74) is 10.0. The van der Waals surface area contributed by atoms with E-state index in [0.717, 1.165) is 45.5 Å². The van der Waals surface area contributed by atoms with Crippen LogP contribution in [0, 0.1) is 0 Å². The van der Waals surface area contributed by atoms with Crippen LogP contribution in [0.25, 0.3) is 21.9 Å². The van der Waals surface area contributed by atoms with Crippen LogP contribution in [-0.4, -0.2) is 23.9 Å². The Balaban J connectivity index is 1.51. The van der Waals surface area contributed by atoms with Gasteiger partial charge in [-0.3, -0.25) is 4.79 Å². The lowest BCUT2D eigenvalue weighted by atomic mass is 9.96. The molecule has 0 amide bonds. The highest BCUT2D eigenvalue weighted by atomic mass is 19.4. The van der Waals surface area contributed by atoms with E-state index in [1.54, 1.807) is 19.2 Å². The number of halogens is 3. The van der Waals surface area contributed by atoms with Crippen LogP contribution in [0.5, 0.6) is 11.5 Å². The number of hydrogen-bond acceptors (Lipinski definition) is 6. The Morgan fingerprint density at radius 2 is 1.84 bits per heavy atom. The van der Waals surface area contributed by atoms with Crippen molar-refractivity contribution in [3.63, 3.8) is 0 Å². The average molecular weight is 523 g/mol. The van der Waals surface area contributed by atoms with Crippen molar-refractivity contribution in [2.75, 3.05) is 12.3 Å². The molecule has 1 atom stereocenters. The van der Waals surface area contributed by atoms with Crippen LogP contribution in [0.4, 0.5) is 19.0 Å². The van der Waals surface area contributed by atoms with Crippen LogP contribution in [0.15, 0.2) is 66.9 Å². The van der Waals surface area contributed by atoms with Crippen molar-refractivity contribution in [1.29, 1.82) is 0 Å². The van der Waals surface area contributed by atoms with E-state index in [1.165, 1.54) is 6.07 Å². The molecular formula is C29H25F3N2O4. The molecule has 1 heterocycles. The predicted molar refractivity (Wildman–Crippen MR) is 137 cm³/mol. The Bertz CT molecular complexity index is 1500. The van der Waals surface area contributed by atoms with Crippen LogP contribution in [0.2, 0.25) is 0 Å². The molecule has 1 aliphatic carbocycles. The number of aryl methyl sites for hydroxylation is 1. The maximum absolute atomic E-state index is 13.1. The first kappa shape index (κ1) is 25.4. The van der Waals surface area contributed by atoms with Crippen molar-refractivity contribution >= 4 is 22.6 Å². The molecule has 6 nitrogen and oxygen atoms in total. The van der Waals surface area contributed by atoms with Crippen molar-refractivity contribution in [2.45, 2.75) is 38.7 Å². The Morgan fingerprint density at radius 1 is 1.05 bits per heavy atom. The Labute approximate surface area is 217 Å². The number of aromatic nitrogens is 1. The number of esters is 1. The molecule has 0 spiro atoms. The molecule has 0 unspecified atom stereocenters. The lowest BCUT2D eigenvalue weighted by molar-refractivity contribution is -0.275. The number of nitrogen functional groups attached to an aromatic ring is 1. The highest BCUT2D eigenvalue weighted by Gasteiger charge is 2.34. The predicted octanol–water partition coefficient (Wildman–Crippen LogP) is 6.55. The Morgan fingerprint density at radius 3 is 2.63 bits per heavy atom. The highest BCUT2D eigenvalue weighted by Crippen LogP contribution is 2.41. The van der Waals surface area contributed by atoms with E-state index in [9.17, 15) is 18.0 Å². The molecule has 2 N–H and O–H groups in total. The molecule has 38 heavy (non-hydrogen) atoms. The summed E-state index contributed by atoms with van der Waals surface area (Å²) < 4.78 is 54.7. The number of ether oxygens (including phenoxy) is 3. The lowest BCUT2D eigenvalue weighted by Crippen LogP contribution is -2.20. The number of nitrogens with zero attached hydrogens (tertiary/aromatic N) is 1. The zero-order valence-electron chi connectivity index (χ0n) is 20.5. The molecule has 1 aromatic heterocycles. The molecular weight excluding hydrogens is 497 g/mol. The van der Waals surface area contributed by atoms with E-state index in [-0.39, 0.29) is 17.9 Å². The number of fused-ring (bicyclic) bond motifs is 2. The molecule has 3 aromatic carbocycles. The number of alkyl halides is 3. The second kappa shape index (κ2) is 10.2.